The third-order valence-electron chi connectivity index (χ3n) is 3.36. The number of aromatic nitrogens is 1. The summed E-state index contributed by atoms with van der Waals surface area (Å²) in [6, 6.07) is 10.8. The van der Waals surface area contributed by atoms with Crippen LogP contribution >= 0.6 is 11.6 Å². The first-order valence-corrected chi connectivity index (χ1v) is 7.44. The summed E-state index contributed by atoms with van der Waals surface area (Å²) in [7, 11) is 0. The molecule has 0 radical (unpaired) electrons. The van der Waals surface area contributed by atoms with Crippen molar-refractivity contribution in [1.29, 1.82) is 0 Å². The van der Waals surface area contributed by atoms with Gasteiger partial charge in [0.1, 0.15) is 28.7 Å². The molecule has 3 rings (SSSR count). The highest BCUT2D eigenvalue weighted by atomic mass is 35.5. The Hall–Kier alpha value is -2.99. The van der Waals surface area contributed by atoms with Crippen molar-refractivity contribution >= 4 is 17.6 Å². The zero-order valence-electron chi connectivity index (χ0n) is 12.5. The number of aromatic carboxylic acids is 1. The molecule has 2 aromatic carbocycles. The fraction of sp³-hybridized carbons (Fsp3) is 0. The Bertz CT molecular complexity index is 963. The van der Waals surface area contributed by atoms with Gasteiger partial charge >= 0.3 is 5.97 Å². The van der Waals surface area contributed by atoms with Gasteiger partial charge in [-0.3, -0.25) is 4.98 Å². The van der Waals surface area contributed by atoms with Crippen LogP contribution in [-0.2, 0) is 0 Å². The van der Waals surface area contributed by atoms with E-state index >= 15 is 0 Å². The van der Waals surface area contributed by atoms with Crippen LogP contribution in [0, 0.1) is 11.6 Å². The number of carboxylic acids is 1. The Morgan fingerprint density at radius 2 is 1.84 bits per heavy atom. The van der Waals surface area contributed by atoms with Gasteiger partial charge in [-0.05, 0) is 24.3 Å². The molecule has 0 spiro atoms. The molecule has 0 unspecified atom stereocenters. The predicted octanol–water partition coefficient (Wildman–Crippen LogP) is 5.17. The monoisotopic (exact) mass is 361 g/mol. The average Bonchev–Trinajstić information content (AvgIpc) is 2.56. The lowest BCUT2D eigenvalue weighted by Gasteiger charge is -2.12. The van der Waals surface area contributed by atoms with Crippen LogP contribution in [0.15, 0.2) is 54.7 Å². The molecule has 126 valence electrons. The topological polar surface area (TPSA) is 59.4 Å². The molecule has 7 heteroatoms. The van der Waals surface area contributed by atoms with Crippen molar-refractivity contribution in [2.24, 2.45) is 0 Å². The number of carbonyl (C=O) groups is 1. The van der Waals surface area contributed by atoms with E-state index in [1.807, 2.05) is 0 Å². The lowest BCUT2D eigenvalue weighted by Crippen LogP contribution is -2.02. The van der Waals surface area contributed by atoms with Crippen LogP contribution in [0.4, 0.5) is 8.78 Å². The predicted molar refractivity (Wildman–Crippen MR) is 88.1 cm³/mol. The molecule has 1 heterocycles. The molecule has 0 saturated heterocycles. The van der Waals surface area contributed by atoms with E-state index in [4.69, 9.17) is 16.3 Å². The summed E-state index contributed by atoms with van der Waals surface area (Å²) in [5, 5.41) is 9.57. The number of nitrogens with zero attached hydrogens (tertiary/aromatic N) is 1. The number of halogens is 3. The maximum atomic E-state index is 14.0. The van der Waals surface area contributed by atoms with Gasteiger partial charge < -0.3 is 9.84 Å². The molecule has 3 aromatic rings. The van der Waals surface area contributed by atoms with Gasteiger partial charge in [-0.2, -0.15) is 0 Å². The molecule has 4 nitrogen and oxygen atoms in total. The second-order valence-electron chi connectivity index (χ2n) is 5.03. The molecular formula is C18H10ClF2NO3. The fourth-order valence-corrected chi connectivity index (χ4v) is 2.35. The van der Waals surface area contributed by atoms with Crippen LogP contribution in [0.3, 0.4) is 0 Å². The number of ether oxygens (including phenoxy) is 1. The Morgan fingerprint density at radius 1 is 1.08 bits per heavy atom. The van der Waals surface area contributed by atoms with Crippen LogP contribution in [0.1, 0.15) is 10.4 Å². The number of benzene rings is 2. The number of hydrogen-bond donors (Lipinski definition) is 1. The average molecular weight is 362 g/mol. The highest BCUT2D eigenvalue weighted by molar-refractivity contribution is 6.32. The Labute approximate surface area is 146 Å². The summed E-state index contributed by atoms with van der Waals surface area (Å²) in [6.45, 7) is 0. The summed E-state index contributed by atoms with van der Waals surface area (Å²) < 4.78 is 32.6. The Morgan fingerprint density at radius 3 is 2.52 bits per heavy atom. The van der Waals surface area contributed by atoms with E-state index in [1.165, 1.54) is 12.1 Å². The van der Waals surface area contributed by atoms with E-state index in [0.717, 1.165) is 18.3 Å². The molecule has 0 atom stereocenters. The molecule has 0 aliphatic carbocycles. The molecule has 0 fully saturated rings. The Kier molecular flexibility index (Phi) is 4.63. The molecule has 0 bridgehead atoms. The molecule has 25 heavy (non-hydrogen) atoms. The number of carboxylic acid groups (broad SMARTS) is 1. The molecule has 0 aliphatic rings. The lowest BCUT2D eigenvalue weighted by molar-refractivity contribution is 0.0693. The summed E-state index contributed by atoms with van der Waals surface area (Å²) in [5.74, 6) is -2.63. The maximum absolute atomic E-state index is 14.0. The van der Waals surface area contributed by atoms with Crippen molar-refractivity contribution in [2.75, 3.05) is 0 Å². The molecule has 1 aromatic heterocycles. The quantitative estimate of drug-likeness (QED) is 0.696. The molecule has 0 saturated carbocycles. The highest BCUT2D eigenvalue weighted by Gasteiger charge is 2.17. The van der Waals surface area contributed by atoms with Crippen molar-refractivity contribution in [3.8, 4) is 22.8 Å². The second kappa shape index (κ2) is 6.86. The van der Waals surface area contributed by atoms with Gasteiger partial charge in [0.2, 0.25) is 0 Å². The zero-order valence-corrected chi connectivity index (χ0v) is 13.3. The molecule has 0 aliphatic heterocycles. The third-order valence-corrected chi connectivity index (χ3v) is 3.67. The summed E-state index contributed by atoms with van der Waals surface area (Å²) in [6.07, 6.45) is 1.05. The fourth-order valence-electron chi connectivity index (χ4n) is 2.17. The van der Waals surface area contributed by atoms with Gasteiger partial charge in [-0.1, -0.05) is 23.7 Å². The van der Waals surface area contributed by atoms with Crippen LogP contribution < -0.4 is 4.74 Å². The van der Waals surface area contributed by atoms with Crippen molar-refractivity contribution < 1.29 is 23.4 Å². The number of rotatable bonds is 4. The smallest absolute Gasteiger partial charge is 0.341 e. The van der Waals surface area contributed by atoms with Crippen molar-refractivity contribution in [3.63, 3.8) is 0 Å². The van der Waals surface area contributed by atoms with E-state index in [1.54, 1.807) is 24.3 Å². The Balaban J connectivity index is 2.09. The molecule has 1 N–H and O–H groups in total. The van der Waals surface area contributed by atoms with E-state index in [2.05, 4.69) is 4.98 Å². The summed E-state index contributed by atoms with van der Waals surface area (Å²) >= 11 is 6.02. The van der Waals surface area contributed by atoms with Gasteiger partial charge in [0, 0.05) is 23.9 Å². The largest absolute Gasteiger partial charge is 0.477 e. The first-order valence-electron chi connectivity index (χ1n) is 7.07. The summed E-state index contributed by atoms with van der Waals surface area (Å²) in [4.78, 5) is 15.3. The molecular weight excluding hydrogens is 352 g/mol. The number of hydrogen-bond acceptors (Lipinski definition) is 3. The summed E-state index contributed by atoms with van der Waals surface area (Å²) in [5.41, 5.74) is -0.0990. The van der Waals surface area contributed by atoms with E-state index in [9.17, 15) is 18.7 Å². The van der Waals surface area contributed by atoms with Crippen LogP contribution in [0.5, 0.6) is 11.5 Å². The standard InChI is InChI=1S/C18H10ClF2NO3/c19-13-3-1-2-4-16(13)25-17-8-15(22-9-12(17)18(23)24)11-6-5-10(20)7-14(11)21/h1-9H,(H,23,24). The SMILES string of the molecule is O=C(O)c1cnc(-c2ccc(F)cc2F)cc1Oc1ccccc1Cl. The van der Waals surface area contributed by atoms with Crippen LogP contribution in [0.2, 0.25) is 5.02 Å². The normalized spacial score (nSPS) is 10.5. The third kappa shape index (κ3) is 3.59. The van der Waals surface area contributed by atoms with E-state index < -0.39 is 17.6 Å². The van der Waals surface area contributed by atoms with Gasteiger partial charge in [0.25, 0.3) is 0 Å². The second-order valence-corrected chi connectivity index (χ2v) is 5.43. The number of para-hydroxylation sites is 1. The maximum Gasteiger partial charge on any atom is 0.341 e. The van der Waals surface area contributed by atoms with Crippen LogP contribution in [-0.4, -0.2) is 16.1 Å². The van der Waals surface area contributed by atoms with E-state index in [-0.39, 0.29) is 33.3 Å². The highest BCUT2D eigenvalue weighted by Crippen LogP contribution is 2.33. The van der Waals surface area contributed by atoms with Crippen molar-refractivity contribution in [3.05, 3.63) is 76.9 Å². The van der Waals surface area contributed by atoms with Crippen molar-refractivity contribution in [2.45, 2.75) is 0 Å². The van der Waals surface area contributed by atoms with Gasteiger partial charge in [-0.25, -0.2) is 13.6 Å². The van der Waals surface area contributed by atoms with Gasteiger partial charge in [0.15, 0.2) is 0 Å². The number of pyridine rings is 1. The minimum atomic E-state index is -1.26. The van der Waals surface area contributed by atoms with Gasteiger partial charge in [0.05, 0.1) is 10.7 Å². The first kappa shape index (κ1) is 16.9. The van der Waals surface area contributed by atoms with Crippen LogP contribution in [0.25, 0.3) is 11.3 Å². The van der Waals surface area contributed by atoms with Gasteiger partial charge in [-0.15, -0.1) is 0 Å². The van der Waals surface area contributed by atoms with Crippen molar-refractivity contribution in [1.82, 2.24) is 4.98 Å². The molecule has 0 amide bonds. The first-order chi connectivity index (χ1) is 12.0. The minimum absolute atomic E-state index is 0.0161. The minimum Gasteiger partial charge on any atom is -0.477 e. The zero-order chi connectivity index (χ0) is 18.0. The van der Waals surface area contributed by atoms with E-state index in [0.29, 0.717) is 0 Å². The lowest BCUT2D eigenvalue weighted by atomic mass is 10.1.